The van der Waals surface area contributed by atoms with Crippen LogP contribution in [-0.4, -0.2) is 31.7 Å². The second-order valence-corrected chi connectivity index (χ2v) is 7.59. The average Bonchev–Trinajstić information content (AvgIpc) is 3.21. The van der Waals surface area contributed by atoms with E-state index >= 15 is 0 Å². The normalized spacial score (nSPS) is 17.7. The van der Waals surface area contributed by atoms with Gasteiger partial charge in [-0.05, 0) is 37.1 Å². The van der Waals surface area contributed by atoms with Crippen LogP contribution in [0.4, 0.5) is 4.39 Å². The molecule has 0 atom stereocenters. The zero-order chi connectivity index (χ0) is 21.2. The minimum Gasteiger partial charge on any atom is -0.348 e. The van der Waals surface area contributed by atoms with E-state index in [1.807, 2.05) is 30.3 Å². The smallest absolute Gasteiger partial charge is 0.270 e. The van der Waals surface area contributed by atoms with E-state index in [1.54, 1.807) is 47.2 Å². The third-order valence-corrected chi connectivity index (χ3v) is 5.55. The molecule has 1 N–H and O–H groups in total. The summed E-state index contributed by atoms with van der Waals surface area (Å²) in [5.74, 6) is 0.845. The Balaban J connectivity index is 1.41. The molecule has 0 bridgehead atoms. The maximum Gasteiger partial charge on any atom is 0.270 e. The molecule has 31 heavy (non-hydrogen) atoms. The van der Waals surface area contributed by atoms with Crippen molar-refractivity contribution in [2.75, 3.05) is 0 Å². The van der Waals surface area contributed by atoms with Gasteiger partial charge in [0.15, 0.2) is 5.82 Å². The second-order valence-electron chi connectivity index (χ2n) is 7.59. The predicted molar refractivity (Wildman–Crippen MR) is 114 cm³/mol. The third kappa shape index (κ3) is 3.70. The SMILES string of the molecule is O=C(NC1CC(c2nnc(-c3ccccc3)n2-c2ccccc2F)C1)c1ccccn1. The van der Waals surface area contributed by atoms with E-state index in [2.05, 4.69) is 20.5 Å². The Labute approximate surface area is 178 Å². The Morgan fingerprint density at radius 1 is 0.935 bits per heavy atom. The molecule has 6 nitrogen and oxygen atoms in total. The summed E-state index contributed by atoms with van der Waals surface area (Å²) in [6.45, 7) is 0. The summed E-state index contributed by atoms with van der Waals surface area (Å²) in [6, 6.07) is 21.5. The molecular weight excluding hydrogens is 393 g/mol. The third-order valence-electron chi connectivity index (χ3n) is 5.55. The van der Waals surface area contributed by atoms with Crippen molar-refractivity contribution in [1.29, 1.82) is 0 Å². The van der Waals surface area contributed by atoms with Crippen molar-refractivity contribution < 1.29 is 9.18 Å². The molecule has 1 aliphatic rings. The number of hydrogen-bond donors (Lipinski definition) is 1. The van der Waals surface area contributed by atoms with Gasteiger partial charge < -0.3 is 5.32 Å². The van der Waals surface area contributed by atoms with Gasteiger partial charge in [-0.15, -0.1) is 10.2 Å². The molecule has 0 spiro atoms. The number of rotatable bonds is 5. The van der Waals surface area contributed by atoms with Gasteiger partial charge in [0, 0.05) is 23.7 Å². The lowest BCUT2D eigenvalue weighted by Crippen LogP contribution is -2.44. The number of amides is 1. The number of pyridine rings is 1. The van der Waals surface area contributed by atoms with Gasteiger partial charge in [0.1, 0.15) is 17.3 Å². The molecule has 1 saturated carbocycles. The number of nitrogens with zero attached hydrogens (tertiary/aromatic N) is 4. The first-order valence-corrected chi connectivity index (χ1v) is 10.2. The molecule has 1 aliphatic carbocycles. The topological polar surface area (TPSA) is 72.7 Å². The Morgan fingerprint density at radius 3 is 2.42 bits per heavy atom. The number of hydrogen-bond acceptors (Lipinski definition) is 4. The summed E-state index contributed by atoms with van der Waals surface area (Å²) >= 11 is 0. The number of nitrogens with one attached hydrogen (secondary N) is 1. The number of benzene rings is 2. The van der Waals surface area contributed by atoms with Crippen LogP contribution >= 0.6 is 0 Å². The van der Waals surface area contributed by atoms with Crippen LogP contribution in [0, 0.1) is 5.82 Å². The van der Waals surface area contributed by atoms with Crippen molar-refractivity contribution >= 4 is 5.91 Å². The molecular formula is C24H20FN5O. The van der Waals surface area contributed by atoms with Crippen LogP contribution in [0.5, 0.6) is 0 Å². The van der Waals surface area contributed by atoms with E-state index in [0.29, 0.717) is 35.9 Å². The standard InChI is InChI=1S/C24H20FN5O/c25-19-10-4-5-12-21(19)30-22(16-8-2-1-3-9-16)28-29-23(30)17-14-18(15-17)27-24(31)20-11-6-7-13-26-20/h1-13,17-18H,14-15H2,(H,27,31). The molecule has 2 aromatic heterocycles. The van der Waals surface area contributed by atoms with Gasteiger partial charge in [0.2, 0.25) is 0 Å². The first kappa shape index (κ1) is 19.1. The minimum absolute atomic E-state index is 0.0189. The van der Waals surface area contributed by atoms with E-state index < -0.39 is 0 Å². The molecule has 2 heterocycles. The van der Waals surface area contributed by atoms with E-state index in [4.69, 9.17) is 0 Å². The quantitative estimate of drug-likeness (QED) is 0.534. The summed E-state index contributed by atoms with van der Waals surface area (Å²) in [4.78, 5) is 16.4. The number of halogens is 1. The zero-order valence-electron chi connectivity index (χ0n) is 16.6. The Bertz CT molecular complexity index is 1200. The molecule has 154 valence electrons. The highest BCUT2D eigenvalue weighted by Gasteiger charge is 2.36. The lowest BCUT2D eigenvalue weighted by atomic mass is 9.79. The van der Waals surface area contributed by atoms with Crippen molar-refractivity contribution in [2.24, 2.45) is 0 Å². The monoisotopic (exact) mass is 413 g/mol. The van der Waals surface area contributed by atoms with E-state index in [0.717, 1.165) is 5.56 Å². The van der Waals surface area contributed by atoms with Gasteiger partial charge in [-0.3, -0.25) is 14.3 Å². The van der Waals surface area contributed by atoms with Gasteiger partial charge >= 0.3 is 0 Å². The molecule has 0 radical (unpaired) electrons. The van der Waals surface area contributed by atoms with E-state index in [9.17, 15) is 9.18 Å². The van der Waals surface area contributed by atoms with Gasteiger partial charge in [-0.2, -0.15) is 0 Å². The zero-order valence-corrected chi connectivity index (χ0v) is 16.6. The summed E-state index contributed by atoms with van der Waals surface area (Å²) < 4.78 is 16.5. The van der Waals surface area contributed by atoms with Gasteiger partial charge in [0.05, 0.1) is 5.69 Å². The van der Waals surface area contributed by atoms with Crippen LogP contribution in [0.1, 0.15) is 35.1 Å². The Kier molecular flexibility index (Phi) is 5.00. The summed E-state index contributed by atoms with van der Waals surface area (Å²) in [7, 11) is 0. The first-order valence-electron chi connectivity index (χ1n) is 10.2. The largest absolute Gasteiger partial charge is 0.348 e. The van der Waals surface area contributed by atoms with Crippen LogP contribution in [0.15, 0.2) is 79.0 Å². The van der Waals surface area contributed by atoms with Crippen LogP contribution in [0.2, 0.25) is 0 Å². The maximum atomic E-state index is 14.7. The fourth-order valence-electron chi connectivity index (χ4n) is 3.91. The Morgan fingerprint density at radius 2 is 1.68 bits per heavy atom. The molecule has 1 amide bonds. The average molecular weight is 413 g/mol. The van der Waals surface area contributed by atoms with Crippen LogP contribution < -0.4 is 5.32 Å². The molecule has 1 fully saturated rings. The van der Waals surface area contributed by atoms with E-state index in [1.165, 1.54) is 6.07 Å². The number of para-hydroxylation sites is 1. The van der Waals surface area contributed by atoms with Crippen molar-refractivity contribution in [2.45, 2.75) is 24.8 Å². The molecule has 2 aromatic carbocycles. The lowest BCUT2D eigenvalue weighted by molar-refractivity contribution is 0.0902. The molecule has 4 aromatic rings. The van der Waals surface area contributed by atoms with Crippen molar-refractivity contribution in [3.05, 3.63) is 96.3 Å². The van der Waals surface area contributed by atoms with Gasteiger partial charge in [-0.1, -0.05) is 48.5 Å². The van der Waals surface area contributed by atoms with Crippen LogP contribution in [0.25, 0.3) is 17.1 Å². The Hall–Kier alpha value is -3.87. The minimum atomic E-state index is -0.333. The second kappa shape index (κ2) is 8.10. The van der Waals surface area contributed by atoms with Crippen molar-refractivity contribution in [3.63, 3.8) is 0 Å². The van der Waals surface area contributed by atoms with Gasteiger partial charge in [-0.25, -0.2) is 4.39 Å². The number of carbonyl (C=O) groups is 1. The molecule has 0 saturated heterocycles. The molecule has 5 rings (SSSR count). The number of aromatic nitrogens is 4. The van der Waals surface area contributed by atoms with Crippen LogP contribution in [0.3, 0.4) is 0 Å². The highest BCUT2D eigenvalue weighted by Crippen LogP contribution is 2.39. The predicted octanol–water partition coefficient (Wildman–Crippen LogP) is 4.14. The van der Waals surface area contributed by atoms with Crippen molar-refractivity contribution in [1.82, 2.24) is 25.1 Å². The highest BCUT2D eigenvalue weighted by atomic mass is 19.1. The molecule has 7 heteroatoms. The summed E-state index contributed by atoms with van der Waals surface area (Å²) in [5, 5.41) is 11.8. The maximum absolute atomic E-state index is 14.7. The summed E-state index contributed by atoms with van der Waals surface area (Å²) in [5.41, 5.74) is 1.68. The number of carbonyl (C=O) groups excluding carboxylic acids is 1. The molecule has 0 unspecified atom stereocenters. The fourth-order valence-corrected chi connectivity index (χ4v) is 3.91. The highest BCUT2D eigenvalue weighted by molar-refractivity contribution is 5.92. The summed E-state index contributed by atoms with van der Waals surface area (Å²) in [6.07, 6.45) is 3.01. The van der Waals surface area contributed by atoms with E-state index in [-0.39, 0.29) is 23.7 Å². The first-order chi connectivity index (χ1) is 15.2. The van der Waals surface area contributed by atoms with Crippen molar-refractivity contribution in [3.8, 4) is 17.1 Å². The van der Waals surface area contributed by atoms with Crippen LogP contribution in [-0.2, 0) is 0 Å². The molecule has 0 aliphatic heterocycles. The fraction of sp³-hybridized carbons (Fsp3) is 0.167. The van der Waals surface area contributed by atoms with Gasteiger partial charge in [0.25, 0.3) is 5.91 Å². The lowest BCUT2D eigenvalue weighted by Gasteiger charge is -2.35.